The minimum atomic E-state index is -0.708. The number of ether oxygens (including phenoxy) is 1. The largest absolute Gasteiger partial charge is 0.496 e. The van der Waals surface area contributed by atoms with Crippen molar-refractivity contribution >= 4 is 0 Å². The second-order valence-corrected chi connectivity index (χ2v) is 3.92. The minimum Gasteiger partial charge on any atom is -0.496 e. The molecule has 84 valence electrons. The molecule has 1 atom stereocenters. The van der Waals surface area contributed by atoms with E-state index >= 15 is 0 Å². The molecule has 3 N–H and O–H groups in total. The number of aliphatic hydroxyl groups is 1. The number of aliphatic hydroxyl groups excluding tert-OH is 1. The molecule has 0 aliphatic carbocycles. The molecule has 0 fully saturated rings. The summed E-state index contributed by atoms with van der Waals surface area (Å²) in [6.07, 6.45) is 0.839. The first kappa shape index (κ1) is 12.0. The normalized spacial score (nSPS) is 14.7. The van der Waals surface area contributed by atoms with E-state index in [4.69, 9.17) is 10.5 Å². The molecule has 0 heterocycles. The van der Waals surface area contributed by atoms with Gasteiger partial charge in [-0.2, -0.15) is 0 Å². The first-order chi connectivity index (χ1) is 7.06. The summed E-state index contributed by atoms with van der Waals surface area (Å²) in [5.74, 6) is 0.833. The van der Waals surface area contributed by atoms with Gasteiger partial charge >= 0.3 is 0 Å². The molecule has 0 saturated carbocycles. The highest BCUT2D eigenvalue weighted by Gasteiger charge is 2.24. The van der Waals surface area contributed by atoms with Gasteiger partial charge in [-0.1, -0.05) is 19.1 Å². The maximum Gasteiger partial charge on any atom is 0.122 e. The van der Waals surface area contributed by atoms with E-state index in [2.05, 4.69) is 6.92 Å². The van der Waals surface area contributed by atoms with E-state index in [0.717, 1.165) is 23.3 Å². The number of hydrogen-bond donors (Lipinski definition) is 2. The third-order valence-corrected chi connectivity index (χ3v) is 2.65. The summed E-state index contributed by atoms with van der Waals surface area (Å²) in [5, 5.41) is 9.27. The SMILES string of the molecule is CCc1c(OC)cccc1[C@@](C)(N)CO. The number of hydrogen-bond acceptors (Lipinski definition) is 3. The number of benzene rings is 1. The van der Waals surface area contributed by atoms with E-state index in [1.807, 2.05) is 25.1 Å². The van der Waals surface area contributed by atoms with Crippen molar-refractivity contribution in [1.82, 2.24) is 0 Å². The molecule has 0 aliphatic rings. The Labute approximate surface area is 90.9 Å². The number of nitrogens with two attached hydrogens (primary N) is 1. The van der Waals surface area contributed by atoms with Gasteiger partial charge in [0.1, 0.15) is 5.75 Å². The van der Waals surface area contributed by atoms with Crippen molar-refractivity contribution in [2.24, 2.45) is 5.73 Å². The molecular formula is C12H19NO2. The molecule has 1 aromatic carbocycles. The van der Waals surface area contributed by atoms with Gasteiger partial charge in [-0.05, 0) is 30.5 Å². The van der Waals surface area contributed by atoms with Gasteiger partial charge < -0.3 is 15.6 Å². The Hall–Kier alpha value is -1.06. The van der Waals surface area contributed by atoms with Crippen LogP contribution in [0.3, 0.4) is 0 Å². The predicted molar refractivity (Wildman–Crippen MR) is 61.0 cm³/mol. The lowest BCUT2D eigenvalue weighted by Crippen LogP contribution is -2.38. The minimum absolute atomic E-state index is 0.0762. The molecule has 0 bridgehead atoms. The van der Waals surface area contributed by atoms with E-state index in [9.17, 15) is 5.11 Å². The molecule has 3 heteroatoms. The standard InChI is InChI=1S/C12H19NO2/c1-4-9-10(12(2,13)8-14)6-5-7-11(9)15-3/h5-7,14H,4,8,13H2,1-3H3/t12-/m0/s1. The maximum atomic E-state index is 9.27. The fourth-order valence-corrected chi connectivity index (χ4v) is 1.74. The highest BCUT2D eigenvalue weighted by Crippen LogP contribution is 2.29. The molecule has 0 amide bonds. The lowest BCUT2D eigenvalue weighted by Gasteiger charge is -2.26. The Bertz CT molecular complexity index is 334. The van der Waals surface area contributed by atoms with Crippen LogP contribution in [-0.4, -0.2) is 18.8 Å². The van der Waals surface area contributed by atoms with Crippen LogP contribution in [0.4, 0.5) is 0 Å². The van der Waals surface area contributed by atoms with Gasteiger partial charge in [0.05, 0.1) is 19.3 Å². The first-order valence-electron chi connectivity index (χ1n) is 5.13. The predicted octanol–water partition coefficient (Wildman–Crippen LogP) is 1.42. The van der Waals surface area contributed by atoms with Gasteiger partial charge in [-0.25, -0.2) is 0 Å². The van der Waals surface area contributed by atoms with Crippen LogP contribution in [0.2, 0.25) is 0 Å². The van der Waals surface area contributed by atoms with Crippen LogP contribution in [0.25, 0.3) is 0 Å². The quantitative estimate of drug-likeness (QED) is 0.788. The fraction of sp³-hybridized carbons (Fsp3) is 0.500. The second-order valence-electron chi connectivity index (χ2n) is 3.92. The van der Waals surface area contributed by atoms with Crippen LogP contribution in [0, 0.1) is 0 Å². The molecule has 15 heavy (non-hydrogen) atoms. The van der Waals surface area contributed by atoms with Crippen LogP contribution in [0.5, 0.6) is 5.75 Å². The zero-order chi connectivity index (χ0) is 11.5. The number of rotatable bonds is 4. The van der Waals surface area contributed by atoms with Gasteiger partial charge in [0.2, 0.25) is 0 Å². The van der Waals surface area contributed by atoms with Crippen molar-refractivity contribution in [3.05, 3.63) is 29.3 Å². The van der Waals surface area contributed by atoms with E-state index < -0.39 is 5.54 Å². The third kappa shape index (κ3) is 2.30. The molecule has 3 nitrogen and oxygen atoms in total. The Morgan fingerprint density at radius 3 is 2.60 bits per heavy atom. The van der Waals surface area contributed by atoms with Gasteiger partial charge in [0, 0.05) is 0 Å². The summed E-state index contributed by atoms with van der Waals surface area (Å²) >= 11 is 0. The average molecular weight is 209 g/mol. The van der Waals surface area contributed by atoms with Crippen molar-refractivity contribution in [3.8, 4) is 5.75 Å². The van der Waals surface area contributed by atoms with Crippen molar-refractivity contribution in [2.75, 3.05) is 13.7 Å². The summed E-state index contributed by atoms with van der Waals surface area (Å²) in [4.78, 5) is 0. The third-order valence-electron chi connectivity index (χ3n) is 2.65. The van der Waals surface area contributed by atoms with Crippen LogP contribution in [-0.2, 0) is 12.0 Å². The van der Waals surface area contributed by atoms with Gasteiger partial charge in [0.25, 0.3) is 0 Å². The van der Waals surface area contributed by atoms with E-state index in [-0.39, 0.29) is 6.61 Å². The van der Waals surface area contributed by atoms with Crippen molar-refractivity contribution in [2.45, 2.75) is 25.8 Å². The molecule has 1 rings (SSSR count). The van der Waals surface area contributed by atoms with E-state index in [1.165, 1.54) is 0 Å². The molecule has 0 radical (unpaired) electrons. The first-order valence-corrected chi connectivity index (χ1v) is 5.13. The summed E-state index contributed by atoms with van der Waals surface area (Å²) in [6, 6.07) is 5.75. The van der Waals surface area contributed by atoms with Crippen LogP contribution < -0.4 is 10.5 Å². The molecule has 0 aromatic heterocycles. The number of methoxy groups -OCH3 is 1. The molecule has 0 spiro atoms. The second kappa shape index (κ2) is 4.64. The summed E-state index contributed by atoms with van der Waals surface area (Å²) in [5.41, 5.74) is 7.34. The highest BCUT2D eigenvalue weighted by molar-refractivity contribution is 5.43. The van der Waals surface area contributed by atoms with E-state index in [0.29, 0.717) is 0 Å². The highest BCUT2D eigenvalue weighted by atomic mass is 16.5. The lowest BCUT2D eigenvalue weighted by atomic mass is 9.88. The van der Waals surface area contributed by atoms with Gasteiger partial charge in [-0.3, -0.25) is 0 Å². The molecule has 0 unspecified atom stereocenters. The Kier molecular flexibility index (Phi) is 3.72. The topological polar surface area (TPSA) is 55.5 Å². The zero-order valence-electron chi connectivity index (χ0n) is 9.58. The Balaban J connectivity index is 3.29. The molecular weight excluding hydrogens is 190 g/mol. The zero-order valence-corrected chi connectivity index (χ0v) is 9.58. The van der Waals surface area contributed by atoms with Crippen LogP contribution in [0.15, 0.2) is 18.2 Å². The summed E-state index contributed by atoms with van der Waals surface area (Å²) < 4.78 is 5.28. The van der Waals surface area contributed by atoms with Crippen LogP contribution >= 0.6 is 0 Å². The van der Waals surface area contributed by atoms with Gasteiger partial charge in [0.15, 0.2) is 0 Å². The van der Waals surface area contributed by atoms with Crippen molar-refractivity contribution in [3.63, 3.8) is 0 Å². The Morgan fingerprint density at radius 1 is 1.47 bits per heavy atom. The lowest BCUT2D eigenvalue weighted by molar-refractivity contribution is 0.209. The summed E-state index contributed by atoms with van der Waals surface area (Å²) in [7, 11) is 1.64. The van der Waals surface area contributed by atoms with E-state index in [1.54, 1.807) is 7.11 Å². The molecule has 1 aromatic rings. The van der Waals surface area contributed by atoms with Crippen LogP contribution in [0.1, 0.15) is 25.0 Å². The van der Waals surface area contributed by atoms with Crippen molar-refractivity contribution < 1.29 is 9.84 Å². The maximum absolute atomic E-state index is 9.27. The van der Waals surface area contributed by atoms with Gasteiger partial charge in [-0.15, -0.1) is 0 Å². The monoisotopic (exact) mass is 209 g/mol. The molecule has 0 saturated heterocycles. The molecule has 0 aliphatic heterocycles. The Morgan fingerprint density at radius 2 is 2.13 bits per heavy atom. The smallest absolute Gasteiger partial charge is 0.122 e. The van der Waals surface area contributed by atoms with Crippen molar-refractivity contribution in [1.29, 1.82) is 0 Å². The summed E-state index contributed by atoms with van der Waals surface area (Å²) in [6.45, 7) is 3.79. The average Bonchev–Trinajstić information content (AvgIpc) is 2.27. The fourth-order valence-electron chi connectivity index (χ4n) is 1.74.